The summed E-state index contributed by atoms with van der Waals surface area (Å²) in [4.78, 5) is 0. The fourth-order valence-electron chi connectivity index (χ4n) is 3.09. The third kappa shape index (κ3) is 5.60. The molecule has 0 bridgehead atoms. The van der Waals surface area contributed by atoms with Gasteiger partial charge < -0.3 is 10.6 Å². The summed E-state index contributed by atoms with van der Waals surface area (Å²) >= 11 is 10.7. The minimum atomic E-state index is 0.429. The standard InChI is InChI=1S/C18H28N4S2/c1-4-14-8-10-15(11-9-14)19-17(23)21-22-18(24)20-16-7-5-6-12(2)13(16)3/h8-13,16H,4-7H2,1-3H3,(H2,19,21,23)(H2,20,22,24)/t12-,13+,16+/m1/s1. The number of rotatable bonds is 3. The molecule has 4 N–H and O–H groups in total. The molecule has 1 saturated carbocycles. The zero-order chi connectivity index (χ0) is 17.5. The molecule has 1 aliphatic carbocycles. The predicted octanol–water partition coefficient (Wildman–Crippen LogP) is 3.74. The monoisotopic (exact) mass is 364 g/mol. The highest BCUT2D eigenvalue weighted by Gasteiger charge is 2.27. The number of anilines is 1. The van der Waals surface area contributed by atoms with Gasteiger partial charge in [-0.25, -0.2) is 0 Å². The Labute approximate surface area is 156 Å². The maximum atomic E-state index is 5.37. The third-order valence-corrected chi connectivity index (χ3v) is 5.36. The van der Waals surface area contributed by atoms with Crippen LogP contribution in [0.3, 0.4) is 0 Å². The van der Waals surface area contributed by atoms with Gasteiger partial charge >= 0.3 is 0 Å². The molecule has 1 aromatic carbocycles. The molecule has 24 heavy (non-hydrogen) atoms. The third-order valence-electron chi connectivity index (χ3n) is 4.93. The van der Waals surface area contributed by atoms with Gasteiger partial charge in [-0.1, -0.05) is 45.7 Å². The van der Waals surface area contributed by atoms with Crippen molar-refractivity contribution in [2.75, 3.05) is 5.32 Å². The maximum absolute atomic E-state index is 5.37. The zero-order valence-electron chi connectivity index (χ0n) is 14.7. The van der Waals surface area contributed by atoms with Crippen LogP contribution in [0.2, 0.25) is 0 Å². The van der Waals surface area contributed by atoms with Crippen LogP contribution in [0.1, 0.15) is 45.6 Å². The summed E-state index contributed by atoms with van der Waals surface area (Å²) in [6, 6.07) is 8.66. The van der Waals surface area contributed by atoms with E-state index < -0.39 is 0 Å². The van der Waals surface area contributed by atoms with Gasteiger partial charge in [-0.05, 0) is 66.8 Å². The van der Waals surface area contributed by atoms with Crippen molar-refractivity contribution in [3.63, 3.8) is 0 Å². The van der Waals surface area contributed by atoms with Crippen molar-refractivity contribution in [1.82, 2.24) is 16.2 Å². The molecule has 1 aromatic rings. The highest BCUT2D eigenvalue weighted by atomic mass is 32.1. The lowest BCUT2D eigenvalue weighted by molar-refractivity contribution is 0.224. The maximum Gasteiger partial charge on any atom is 0.189 e. The molecule has 0 amide bonds. The molecule has 1 aliphatic rings. The van der Waals surface area contributed by atoms with Gasteiger partial charge in [0.05, 0.1) is 0 Å². The first kappa shape index (κ1) is 18.9. The van der Waals surface area contributed by atoms with Crippen LogP contribution in [0.5, 0.6) is 0 Å². The highest BCUT2D eigenvalue weighted by molar-refractivity contribution is 7.80. The van der Waals surface area contributed by atoms with Crippen molar-refractivity contribution in [1.29, 1.82) is 0 Å². The van der Waals surface area contributed by atoms with Crippen LogP contribution in [0.4, 0.5) is 5.69 Å². The molecule has 0 aliphatic heterocycles. The molecule has 0 aromatic heterocycles. The smallest absolute Gasteiger partial charge is 0.189 e. The number of hydrogen-bond acceptors (Lipinski definition) is 2. The van der Waals surface area contributed by atoms with E-state index in [0.717, 1.165) is 18.0 Å². The van der Waals surface area contributed by atoms with E-state index in [1.165, 1.54) is 24.8 Å². The molecule has 0 heterocycles. The Morgan fingerprint density at radius 2 is 1.71 bits per heavy atom. The molecule has 132 valence electrons. The quantitative estimate of drug-likeness (QED) is 0.484. The minimum Gasteiger partial charge on any atom is -0.358 e. The lowest BCUT2D eigenvalue weighted by Crippen LogP contribution is -2.53. The van der Waals surface area contributed by atoms with Gasteiger partial charge in [0.15, 0.2) is 10.2 Å². The second-order valence-electron chi connectivity index (χ2n) is 6.60. The van der Waals surface area contributed by atoms with Crippen LogP contribution in [0.15, 0.2) is 24.3 Å². The Morgan fingerprint density at radius 1 is 1.04 bits per heavy atom. The van der Waals surface area contributed by atoms with Crippen molar-refractivity contribution in [3.05, 3.63) is 29.8 Å². The first-order chi connectivity index (χ1) is 11.5. The summed E-state index contributed by atoms with van der Waals surface area (Å²) < 4.78 is 0. The van der Waals surface area contributed by atoms with Gasteiger partial charge in [0.25, 0.3) is 0 Å². The Morgan fingerprint density at radius 3 is 2.38 bits per heavy atom. The second kappa shape index (κ2) is 9.18. The summed E-state index contributed by atoms with van der Waals surface area (Å²) in [5.74, 6) is 1.36. The topological polar surface area (TPSA) is 48.1 Å². The molecule has 6 heteroatoms. The first-order valence-electron chi connectivity index (χ1n) is 8.72. The Bertz CT molecular complexity index is 559. The van der Waals surface area contributed by atoms with Crippen LogP contribution < -0.4 is 21.5 Å². The van der Waals surface area contributed by atoms with Crippen LogP contribution >= 0.6 is 24.4 Å². The lowest BCUT2D eigenvalue weighted by Gasteiger charge is -2.35. The minimum absolute atomic E-state index is 0.429. The van der Waals surface area contributed by atoms with E-state index in [9.17, 15) is 0 Å². The fourth-order valence-corrected chi connectivity index (χ4v) is 3.46. The number of nitrogens with one attached hydrogen (secondary N) is 4. The molecule has 0 saturated heterocycles. The Hall–Kier alpha value is -1.40. The zero-order valence-corrected chi connectivity index (χ0v) is 16.3. The van der Waals surface area contributed by atoms with E-state index in [0.29, 0.717) is 22.2 Å². The molecular formula is C18H28N4S2. The van der Waals surface area contributed by atoms with Crippen LogP contribution in [0.25, 0.3) is 0 Å². The number of hydrazine groups is 1. The van der Waals surface area contributed by atoms with E-state index in [-0.39, 0.29) is 0 Å². The van der Waals surface area contributed by atoms with Crippen molar-refractivity contribution in [2.45, 2.75) is 52.5 Å². The van der Waals surface area contributed by atoms with Crippen molar-refractivity contribution in [2.24, 2.45) is 11.8 Å². The molecule has 0 radical (unpaired) electrons. The average molecular weight is 365 g/mol. The van der Waals surface area contributed by atoms with Crippen molar-refractivity contribution >= 4 is 40.3 Å². The lowest BCUT2D eigenvalue weighted by atomic mass is 9.78. The molecule has 4 nitrogen and oxygen atoms in total. The largest absolute Gasteiger partial charge is 0.358 e. The van der Waals surface area contributed by atoms with Crippen LogP contribution in [-0.4, -0.2) is 16.3 Å². The Balaban J connectivity index is 1.73. The number of thiocarbonyl (C=S) groups is 2. The van der Waals surface area contributed by atoms with E-state index >= 15 is 0 Å². The molecule has 2 rings (SSSR count). The van der Waals surface area contributed by atoms with Gasteiger partial charge in [0, 0.05) is 11.7 Å². The Kier molecular flexibility index (Phi) is 7.24. The summed E-state index contributed by atoms with van der Waals surface area (Å²) in [6.07, 6.45) is 4.76. The van der Waals surface area contributed by atoms with Gasteiger partial charge in [-0.15, -0.1) is 0 Å². The predicted molar refractivity (Wildman–Crippen MR) is 110 cm³/mol. The summed E-state index contributed by atoms with van der Waals surface area (Å²) in [5.41, 5.74) is 8.18. The van der Waals surface area contributed by atoms with Crippen LogP contribution in [-0.2, 0) is 6.42 Å². The number of aryl methyl sites for hydroxylation is 1. The molecule has 1 fully saturated rings. The van der Waals surface area contributed by atoms with Crippen molar-refractivity contribution in [3.8, 4) is 0 Å². The summed E-state index contributed by atoms with van der Waals surface area (Å²) in [5, 5.41) is 7.63. The van der Waals surface area contributed by atoms with E-state index in [2.05, 4.69) is 54.4 Å². The highest BCUT2D eigenvalue weighted by Crippen LogP contribution is 2.29. The molecule has 0 spiro atoms. The van der Waals surface area contributed by atoms with E-state index in [4.69, 9.17) is 24.4 Å². The van der Waals surface area contributed by atoms with Crippen LogP contribution in [0, 0.1) is 11.8 Å². The van der Waals surface area contributed by atoms with Gasteiger partial charge in [0.1, 0.15) is 0 Å². The second-order valence-corrected chi connectivity index (χ2v) is 7.42. The fraction of sp³-hybridized carbons (Fsp3) is 0.556. The van der Waals surface area contributed by atoms with Gasteiger partial charge in [0.2, 0.25) is 0 Å². The van der Waals surface area contributed by atoms with E-state index in [1.54, 1.807) is 0 Å². The SMILES string of the molecule is CCc1ccc(NC(=S)NNC(=S)N[C@H]2CCC[C@@H](C)[C@@H]2C)cc1. The average Bonchev–Trinajstić information content (AvgIpc) is 2.58. The van der Waals surface area contributed by atoms with E-state index in [1.807, 2.05) is 12.1 Å². The normalized spacial score (nSPS) is 23.2. The summed E-state index contributed by atoms with van der Waals surface area (Å²) in [6.45, 7) is 6.75. The first-order valence-corrected chi connectivity index (χ1v) is 9.53. The summed E-state index contributed by atoms with van der Waals surface area (Å²) in [7, 11) is 0. The molecular weight excluding hydrogens is 336 g/mol. The molecule has 0 unspecified atom stereocenters. The number of hydrogen-bond donors (Lipinski definition) is 4. The van der Waals surface area contributed by atoms with Gasteiger partial charge in [-0.2, -0.15) is 0 Å². The molecule has 3 atom stereocenters. The van der Waals surface area contributed by atoms with Gasteiger partial charge in [-0.3, -0.25) is 10.9 Å². The number of benzene rings is 1. The van der Waals surface area contributed by atoms with Crippen molar-refractivity contribution < 1.29 is 0 Å².